The van der Waals surface area contributed by atoms with Crippen molar-refractivity contribution in [2.75, 3.05) is 26.8 Å². The monoisotopic (exact) mass is 289 g/mol. The van der Waals surface area contributed by atoms with Gasteiger partial charge in [-0.3, -0.25) is 9.59 Å². The molecule has 0 N–H and O–H groups in total. The third kappa shape index (κ3) is 2.86. The highest BCUT2D eigenvalue weighted by atomic mass is 16.5. The first-order valence-corrected chi connectivity index (χ1v) is 7.27. The number of amides is 1. The van der Waals surface area contributed by atoms with Crippen molar-refractivity contribution in [3.63, 3.8) is 0 Å². The Labute approximate surface area is 123 Å². The van der Waals surface area contributed by atoms with Crippen LogP contribution in [0.5, 0.6) is 5.75 Å². The van der Waals surface area contributed by atoms with E-state index in [0.717, 1.165) is 25.2 Å². The number of ether oxygens (including phenoxy) is 2. The van der Waals surface area contributed by atoms with Crippen LogP contribution in [0.2, 0.25) is 0 Å². The van der Waals surface area contributed by atoms with Gasteiger partial charge >= 0.3 is 5.97 Å². The molecule has 1 amide bonds. The van der Waals surface area contributed by atoms with Gasteiger partial charge in [-0.05, 0) is 23.6 Å². The van der Waals surface area contributed by atoms with Gasteiger partial charge in [-0.1, -0.05) is 12.1 Å². The lowest BCUT2D eigenvalue weighted by Crippen LogP contribution is -2.28. The maximum absolute atomic E-state index is 11.9. The van der Waals surface area contributed by atoms with E-state index < -0.39 is 0 Å². The van der Waals surface area contributed by atoms with Gasteiger partial charge in [0.25, 0.3) is 0 Å². The van der Waals surface area contributed by atoms with E-state index in [4.69, 9.17) is 9.47 Å². The van der Waals surface area contributed by atoms with Crippen LogP contribution in [-0.2, 0) is 27.2 Å². The van der Waals surface area contributed by atoms with Gasteiger partial charge in [-0.25, -0.2) is 0 Å². The molecule has 1 saturated heterocycles. The number of methoxy groups -OCH3 is 1. The lowest BCUT2D eigenvalue weighted by atomic mass is 10.1. The molecule has 112 valence electrons. The average molecular weight is 289 g/mol. The molecule has 2 aliphatic rings. The Kier molecular flexibility index (Phi) is 3.82. The summed E-state index contributed by atoms with van der Waals surface area (Å²) in [6, 6.07) is 6.20. The van der Waals surface area contributed by atoms with Crippen LogP contribution < -0.4 is 4.74 Å². The summed E-state index contributed by atoms with van der Waals surface area (Å²) in [5.74, 6) is 0.410. The molecule has 1 aromatic carbocycles. The van der Waals surface area contributed by atoms with Gasteiger partial charge in [0.1, 0.15) is 5.75 Å². The van der Waals surface area contributed by atoms with Crippen molar-refractivity contribution in [1.82, 2.24) is 4.90 Å². The number of hydrogen-bond donors (Lipinski definition) is 0. The highest BCUT2D eigenvalue weighted by Gasteiger charge is 2.34. The zero-order valence-corrected chi connectivity index (χ0v) is 12.1. The van der Waals surface area contributed by atoms with E-state index in [1.54, 1.807) is 4.90 Å². The Morgan fingerprint density at radius 1 is 1.48 bits per heavy atom. The number of esters is 1. The number of likely N-dealkylation sites (tertiary alicyclic amines) is 1. The average Bonchev–Trinajstić information content (AvgIpc) is 3.10. The fourth-order valence-corrected chi connectivity index (χ4v) is 2.97. The SMILES string of the molecule is COC(=O)C1CC(=O)N(CCc2ccc3c(c2)CCO3)C1. The molecule has 0 radical (unpaired) electrons. The van der Waals surface area contributed by atoms with Crippen molar-refractivity contribution in [1.29, 1.82) is 0 Å². The van der Waals surface area contributed by atoms with Crippen LogP contribution in [0.25, 0.3) is 0 Å². The van der Waals surface area contributed by atoms with E-state index >= 15 is 0 Å². The van der Waals surface area contributed by atoms with Crippen LogP contribution in [0.15, 0.2) is 18.2 Å². The quantitative estimate of drug-likeness (QED) is 0.781. The standard InChI is InChI=1S/C16H19NO4/c1-20-16(19)13-9-15(18)17(10-13)6-4-11-2-3-14-12(8-11)5-7-21-14/h2-3,8,13H,4-7,9-10H2,1H3. The molecule has 2 heterocycles. The summed E-state index contributed by atoms with van der Waals surface area (Å²) in [7, 11) is 1.36. The van der Waals surface area contributed by atoms with E-state index in [2.05, 4.69) is 6.07 Å². The zero-order chi connectivity index (χ0) is 14.8. The minimum absolute atomic E-state index is 0.0369. The number of carbonyl (C=O) groups is 2. The lowest BCUT2D eigenvalue weighted by molar-refractivity contribution is -0.145. The molecule has 1 fully saturated rings. The number of fused-ring (bicyclic) bond motifs is 1. The smallest absolute Gasteiger partial charge is 0.310 e. The first-order valence-electron chi connectivity index (χ1n) is 7.27. The van der Waals surface area contributed by atoms with Crippen LogP contribution in [0.1, 0.15) is 17.5 Å². The minimum Gasteiger partial charge on any atom is -0.493 e. The van der Waals surface area contributed by atoms with Crippen LogP contribution in [0, 0.1) is 5.92 Å². The highest BCUT2D eigenvalue weighted by Crippen LogP contribution is 2.26. The van der Waals surface area contributed by atoms with Crippen LogP contribution in [0.3, 0.4) is 0 Å². The Morgan fingerprint density at radius 2 is 2.33 bits per heavy atom. The van der Waals surface area contributed by atoms with E-state index in [1.807, 2.05) is 12.1 Å². The molecule has 5 heteroatoms. The Morgan fingerprint density at radius 3 is 3.14 bits per heavy atom. The van der Waals surface area contributed by atoms with Gasteiger partial charge in [0, 0.05) is 25.9 Å². The van der Waals surface area contributed by atoms with Gasteiger partial charge in [0.15, 0.2) is 0 Å². The Balaban J connectivity index is 1.58. The first kappa shape index (κ1) is 13.9. The molecule has 1 atom stereocenters. The largest absolute Gasteiger partial charge is 0.493 e. The Hall–Kier alpha value is -2.04. The molecular weight excluding hydrogens is 270 g/mol. The van der Waals surface area contributed by atoms with Crippen molar-refractivity contribution in [3.8, 4) is 5.75 Å². The van der Waals surface area contributed by atoms with Crippen molar-refractivity contribution >= 4 is 11.9 Å². The van der Waals surface area contributed by atoms with Crippen LogP contribution >= 0.6 is 0 Å². The molecule has 0 saturated carbocycles. The number of carbonyl (C=O) groups excluding carboxylic acids is 2. The Bertz CT molecular complexity index is 569. The minimum atomic E-state index is -0.309. The number of nitrogens with zero attached hydrogens (tertiary/aromatic N) is 1. The fraction of sp³-hybridized carbons (Fsp3) is 0.500. The van der Waals surface area contributed by atoms with Gasteiger partial charge in [0.05, 0.1) is 19.6 Å². The molecule has 3 rings (SSSR count). The third-order valence-corrected chi connectivity index (χ3v) is 4.17. The van der Waals surface area contributed by atoms with Gasteiger partial charge in [-0.2, -0.15) is 0 Å². The molecule has 0 bridgehead atoms. The summed E-state index contributed by atoms with van der Waals surface area (Å²) in [5, 5.41) is 0. The maximum atomic E-state index is 11.9. The summed E-state index contributed by atoms with van der Waals surface area (Å²) in [4.78, 5) is 25.2. The van der Waals surface area contributed by atoms with Crippen molar-refractivity contribution in [3.05, 3.63) is 29.3 Å². The van der Waals surface area contributed by atoms with Crippen LogP contribution in [-0.4, -0.2) is 43.6 Å². The zero-order valence-electron chi connectivity index (χ0n) is 12.1. The second-order valence-corrected chi connectivity index (χ2v) is 5.55. The van der Waals surface area contributed by atoms with Gasteiger partial charge < -0.3 is 14.4 Å². The summed E-state index contributed by atoms with van der Waals surface area (Å²) in [6.07, 6.45) is 2.02. The number of benzene rings is 1. The highest BCUT2D eigenvalue weighted by molar-refractivity contribution is 5.86. The predicted molar refractivity (Wildman–Crippen MR) is 76.0 cm³/mol. The second-order valence-electron chi connectivity index (χ2n) is 5.55. The summed E-state index contributed by atoms with van der Waals surface area (Å²) in [5.41, 5.74) is 2.45. The molecule has 0 aliphatic carbocycles. The molecule has 2 aliphatic heterocycles. The fourth-order valence-electron chi connectivity index (χ4n) is 2.97. The topological polar surface area (TPSA) is 55.8 Å². The number of hydrogen-bond acceptors (Lipinski definition) is 4. The molecule has 1 aromatic rings. The molecule has 5 nitrogen and oxygen atoms in total. The van der Waals surface area contributed by atoms with Crippen molar-refractivity contribution < 1.29 is 19.1 Å². The summed E-state index contributed by atoms with van der Waals surface area (Å²) < 4.78 is 10.2. The summed E-state index contributed by atoms with van der Waals surface area (Å²) in [6.45, 7) is 1.87. The maximum Gasteiger partial charge on any atom is 0.310 e. The summed E-state index contributed by atoms with van der Waals surface area (Å²) >= 11 is 0. The van der Waals surface area contributed by atoms with Crippen LogP contribution in [0.4, 0.5) is 0 Å². The third-order valence-electron chi connectivity index (χ3n) is 4.17. The van der Waals surface area contributed by atoms with Crippen molar-refractivity contribution in [2.24, 2.45) is 5.92 Å². The predicted octanol–water partition coefficient (Wildman–Crippen LogP) is 1.19. The lowest BCUT2D eigenvalue weighted by Gasteiger charge is -2.16. The van der Waals surface area contributed by atoms with E-state index in [0.29, 0.717) is 13.1 Å². The molecular formula is C16H19NO4. The van der Waals surface area contributed by atoms with Gasteiger partial charge in [-0.15, -0.1) is 0 Å². The number of rotatable bonds is 4. The molecule has 21 heavy (non-hydrogen) atoms. The molecule has 1 unspecified atom stereocenters. The van der Waals surface area contributed by atoms with Gasteiger partial charge in [0.2, 0.25) is 5.91 Å². The second kappa shape index (κ2) is 5.76. The van der Waals surface area contributed by atoms with Crippen molar-refractivity contribution in [2.45, 2.75) is 19.3 Å². The van der Waals surface area contributed by atoms with E-state index in [1.165, 1.54) is 18.2 Å². The normalized spacial score (nSPS) is 20.3. The molecule has 0 spiro atoms. The van der Waals surface area contributed by atoms with E-state index in [9.17, 15) is 9.59 Å². The first-order chi connectivity index (χ1) is 10.2. The van der Waals surface area contributed by atoms with E-state index in [-0.39, 0.29) is 24.2 Å². The molecule has 0 aromatic heterocycles.